The number of hydrogen-bond donors (Lipinski definition) is 1. The molecule has 0 aromatic carbocycles. The quantitative estimate of drug-likeness (QED) is 0.475. The van der Waals surface area contributed by atoms with Crippen LogP contribution in [0.5, 0.6) is 0 Å². The monoisotopic (exact) mass is 147 g/mol. The van der Waals surface area contributed by atoms with Crippen LogP contribution in [0.2, 0.25) is 0 Å². The van der Waals surface area contributed by atoms with Gasteiger partial charge in [0.15, 0.2) is 9.76 Å². The Morgan fingerprint density at radius 2 is 2.11 bits per heavy atom. The van der Waals surface area contributed by atoms with Crippen LogP contribution in [0, 0.1) is 0 Å². The van der Waals surface area contributed by atoms with Gasteiger partial charge >= 0.3 is 0 Å². The lowest BCUT2D eigenvalue weighted by Gasteiger charge is -2.25. The van der Waals surface area contributed by atoms with Gasteiger partial charge in [-0.3, -0.25) is 4.90 Å². The molecule has 0 aromatic heterocycles. The molecule has 0 unspecified atom stereocenters. The summed E-state index contributed by atoms with van der Waals surface area (Å²) in [6.07, 6.45) is 0.934. The summed E-state index contributed by atoms with van der Waals surface area (Å²) in [5.74, 6) is 0. The van der Waals surface area contributed by atoms with Crippen molar-refractivity contribution < 1.29 is 9.53 Å². The van der Waals surface area contributed by atoms with Crippen LogP contribution in [0.25, 0.3) is 0 Å². The molecule has 3 nitrogen and oxygen atoms in total. The Bertz CT molecular complexity index is 72.6. The van der Waals surface area contributed by atoms with Crippen LogP contribution in [0.15, 0.2) is 0 Å². The molecule has 4 heteroatoms. The fraction of sp³-hybridized carbons (Fsp3) is 1.00. The van der Waals surface area contributed by atoms with E-state index in [1.54, 1.807) is 0 Å². The number of ether oxygens (including phenoxy) is 1. The maximum Gasteiger partial charge on any atom is 0.170 e. The summed E-state index contributed by atoms with van der Waals surface area (Å²) in [6, 6.07) is 0. The first-order valence-corrected chi connectivity index (χ1v) is 4.97. The van der Waals surface area contributed by atoms with Crippen LogP contribution in [0.4, 0.5) is 0 Å². The van der Waals surface area contributed by atoms with E-state index in [-0.39, 0.29) is 0 Å². The molecule has 1 heterocycles. The first kappa shape index (κ1) is 7.21. The van der Waals surface area contributed by atoms with E-state index in [2.05, 4.69) is 4.90 Å². The molecule has 1 aliphatic heterocycles. The zero-order chi connectivity index (χ0) is 6.53. The maximum absolute atomic E-state index is 8.67. The molecule has 54 valence electrons. The molecular weight excluding hydrogens is 134 g/mol. The first-order chi connectivity index (χ1) is 4.43. The molecule has 0 amide bonds. The average Bonchev–Trinajstić information content (AvgIpc) is 1.91. The summed E-state index contributed by atoms with van der Waals surface area (Å²) in [7, 11) is -0.760. The van der Waals surface area contributed by atoms with Gasteiger partial charge in [0.2, 0.25) is 0 Å². The second kappa shape index (κ2) is 4.00. The van der Waals surface area contributed by atoms with Crippen LogP contribution in [0.3, 0.4) is 0 Å². The number of morpholine rings is 1. The normalized spacial score (nSPS) is 23.7. The topological polar surface area (TPSA) is 32.7 Å². The highest BCUT2D eigenvalue weighted by Crippen LogP contribution is 1.93. The molecule has 1 fully saturated rings. The van der Waals surface area contributed by atoms with Crippen molar-refractivity contribution in [1.82, 2.24) is 4.90 Å². The van der Waals surface area contributed by atoms with Gasteiger partial charge < -0.3 is 9.53 Å². The van der Waals surface area contributed by atoms with E-state index < -0.39 is 9.76 Å². The molecular formula is C5H13NO2Si. The van der Waals surface area contributed by atoms with Crippen molar-refractivity contribution in [3.63, 3.8) is 0 Å². The zero-order valence-corrected chi connectivity index (χ0v) is 6.96. The Hall–Kier alpha value is 0.0969. The van der Waals surface area contributed by atoms with Gasteiger partial charge in [-0.25, -0.2) is 0 Å². The lowest BCUT2D eigenvalue weighted by Crippen LogP contribution is -2.38. The smallest absolute Gasteiger partial charge is 0.170 e. The van der Waals surface area contributed by atoms with Gasteiger partial charge in [0.25, 0.3) is 0 Å². The van der Waals surface area contributed by atoms with Crippen molar-refractivity contribution in [2.24, 2.45) is 0 Å². The number of rotatable bonds is 2. The van der Waals surface area contributed by atoms with Gasteiger partial charge in [-0.05, 0) is 0 Å². The van der Waals surface area contributed by atoms with Crippen LogP contribution < -0.4 is 0 Å². The van der Waals surface area contributed by atoms with E-state index in [1.165, 1.54) is 0 Å². The van der Waals surface area contributed by atoms with Gasteiger partial charge in [0.05, 0.1) is 13.2 Å². The second-order valence-electron chi connectivity index (χ2n) is 2.18. The Balaban J connectivity index is 2.08. The van der Waals surface area contributed by atoms with E-state index in [1.807, 2.05) is 0 Å². The van der Waals surface area contributed by atoms with Crippen molar-refractivity contribution in [3.05, 3.63) is 0 Å². The molecule has 1 rings (SSSR count). The summed E-state index contributed by atoms with van der Waals surface area (Å²) in [6.45, 7) is 3.70. The standard InChI is InChI=1S/C5H13NO2Si/c7-9-5-6-1-3-8-4-2-6/h7H,1-5,9H2. The predicted molar refractivity (Wildman–Crippen MR) is 38.0 cm³/mol. The summed E-state index contributed by atoms with van der Waals surface area (Å²) in [5, 5.41) is 0. The average molecular weight is 147 g/mol. The summed E-state index contributed by atoms with van der Waals surface area (Å²) < 4.78 is 5.14. The lowest BCUT2D eigenvalue weighted by atomic mass is 10.5. The minimum atomic E-state index is -0.760. The summed E-state index contributed by atoms with van der Waals surface area (Å²) in [4.78, 5) is 10.9. The Labute approximate surface area is 57.6 Å². The third kappa shape index (κ3) is 2.44. The van der Waals surface area contributed by atoms with Gasteiger partial charge in [-0.1, -0.05) is 0 Å². The molecule has 1 aliphatic rings. The highest BCUT2D eigenvalue weighted by molar-refractivity contribution is 6.25. The van der Waals surface area contributed by atoms with E-state index in [0.29, 0.717) is 0 Å². The van der Waals surface area contributed by atoms with Crippen molar-refractivity contribution in [2.45, 2.75) is 0 Å². The van der Waals surface area contributed by atoms with Gasteiger partial charge in [-0.2, -0.15) is 0 Å². The zero-order valence-electron chi connectivity index (χ0n) is 5.55. The molecule has 1 N–H and O–H groups in total. The Morgan fingerprint density at radius 1 is 1.44 bits per heavy atom. The minimum Gasteiger partial charge on any atom is -0.437 e. The summed E-state index contributed by atoms with van der Waals surface area (Å²) >= 11 is 0. The fourth-order valence-electron chi connectivity index (χ4n) is 0.966. The molecule has 0 aromatic rings. The van der Waals surface area contributed by atoms with E-state index in [4.69, 9.17) is 9.53 Å². The van der Waals surface area contributed by atoms with E-state index >= 15 is 0 Å². The van der Waals surface area contributed by atoms with Crippen molar-refractivity contribution in [3.8, 4) is 0 Å². The van der Waals surface area contributed by atoms with Gasteiger partial charge in [-0.15, -0.1) is 0 Å². The van der Waals surface area contributed by atoms with Crippen molar-refractivity contribution >= 4 is 9.76 Å². The molecule has 0 radical (unpaired) electrons. The lowest BCUT2D eigenvalue weighted by molar-refractivity contribution is 0.0454. The second-order valence-corrected chi connectivity index (χ2v) is 3.07. The minimum absolute atomic E-state index is 0.760. The van der Waals surface area contributed by atoms with Crippen molar-refractivity contribution in [2.75, 3.05) is 32.5 Å². The van der Waals surface area contributed by atoms with E-state index in [0.717, 1.165) is 32.5 Å². The molecule has 9 heavy (non-hydrogen) atoms. The van der Waals surface area contributed by atoms with Gasteiger partial charge in [0.1, 0.15) is 0 Å². The molecule has 0 saturated carbocycles. The van der Waals surface area contributed by atoms with Crippen LogP contribution in [-0.4, -0.2) is 51.9 Å². The first-order valence-electron chi connectivity index (χ1n) is 3.34. The maximum atomic E-state index is 8.67. The molecule has 1 saturated heterocycles. The highest BCUT2D eigenvalue weighted by Gasteiger charge is 2.08. The molecule has 0 atom stereocenters. The SMILES string of the molecule is O[SiH2]CN1CCOCC1. The number of hydrogen-bond acceptors (Lipinski definition) is 3. The molecule has 0 bridgehead atoms. The fourth-order valence-corrected chi connectivity index (χ4v) is 1.70. The largest absolute Gasteiger partial charge is 0.437 e. The third-order valence-corrected chi connectivity index (χ3v) is 2.35. The molecule has 0 aliphatic carbocycles. The highest BCUT2D eigenvalue weighted by atomic mass is 28.2. The molecule has 0 spiro atoms. The summed E-state index contributed by atoms with van der Waals surface area (Å²) in [5.41, 5.74) is 0. The van der Waals surface area contributed by atoms with Crippen LogP contribution in [0.1, 0.15) is 0 Å². The van der Waals surface area contributed by atoms with Crippen LogP contribution >= 0.6 is 0 Å². The Kier molecular flexibility index (Phi) is 3.20. The Morgan fingerprint density at radius 3 is 2.67 bits per heavy atom. The van der Waals surface area contributed by atoms with Crippen molar-refractivity contribution in [1.29, 1.82) is 0 Å². The van der Waals surface area contributed by atoms with E-state index in [9.17, 15) is 0 Å². The third-order valence-electron chi connectivity index (χ3n) is 1.52. The number of nitrogens with zero attached hydrogens (tertiary/aromatic N) is 1. The predicted octanol–water partition coefficient (Wildman–Crippen LogP) is -1.65. The van der Waals surface area contributed by atoms with Crippen LogP contribution in [-0.2, 0) is 4.74 Å². The van der Waals surface area contributed by atoms with Gasteiger partial charge in [0, 0.05) is 19.3 Å².